The lowest BCUT2D eigenvalue weighted by Gasteiger charge is -2.58. The third-order valence-electron chi connectivity index (χ3n) is 8.95. The van der Waals surface area contributed by atoms with Gasteiger partial charge in [0.2, 0.25) is 0 Å². The largest absolute Gasteiger partial charge is 0.508 e. The van der Waals surface area contributed by atoms with Crippen molar-refractivity contribution in [2.24, 2.45) is 28.6 Å². The van der Waals surface area contributed by atoms with E-state index in [2.05, 4.69) is 19.9 Å². The Balaban J connectivity index is 1.55. The van der Waals surface area contributed by atoms with Gasteiger partial charge in [0.15, 0.2) is 0 Å². The fourth-order valence-corrected chi connectivity index (χ4v) is 7.50. The Hall–Kier alpha value is -1.05. The van der Waals surface area contributed by atoms with Gasteiger partial charge in [-0.1, -0.05) is 13.8 Å². The maximum absolute atomic E-state index is 10.5. The summed E-state index contributed by atoms with van der Waals surface area (Å²) < 4.78 is 6.11. The van der Waals surface area contributed by atoms with Gasteiger partial charge in [-0.3, -0.25) is 0 Å². The Kier molecular flexibility index (Phi) is 2.77. The van der Waals surface area contributed by atoms with Gasteiger partial charge in [-0.15, -0.1) is 0 Å². The summed E-state index contributed by atoms with van der Waals surface area (Å²) in [6, 6.07) is 2.23. The Bertz CT molecular complexity index is 681. The molecule has 2 N–H and O–H groups in total. The quantitative estimate of drug-likeness (QED) is 0.667. The summed E-state index contributed by atoms with van der Waals surface area (Å²) >= 11 is 0. The minimum Gasteiger partial charge on any atom is -0.508 e. The molecule has 4 nitrogen and oxygen atoms in total. The first-order valence-corrected chi connectivity index (χ1v) is 9.55. The van der Waals surface area contributed by atoms with Gasteiger partial charge in [-0.2, -0.15) is 5.26 Å². The summed E-state index contributed by atoms with van der Waals surface area (Å²) in [5, 5.41) is 30.4. The maximum Gasteiger partial charge on any atom is 0.146 e. The molecule has 4 heteroatoms. The van der Waals surface area contributed by atoms with Crippen molar-refractivity contribution in [2.75, 3.05) is 0 Å². The van der Waals surface area contributed by atoms with E-state index >= 15 is 0 Å². The second-order valence-electron chi connectivity index (χ2n) is 9.51. The predicted octanol–water partition coefficient (Wildman–Crippen LogP) is 3.47. The molecule has 24 heavy (non-hydrogen) atoms. The fourth-order valence-electron chi connectivity index (χ4n) is 7.50. The van der Waals surface area contributed by atoms with Gasteiger partial charge in [-0.05, 0) is 68.1 Å². The van der Waals surface area contributed by atoms with Gasteiger partial charge >= 0.3 is 0 Å². The van der Waals surface area contributed by atoms with E-state index < -0.39 is 0 Å². The summed E-state index contributed by atoms with van der Waals surface area (Å²) in [6.07, 6.45) is 6.65. The van der Waals surface area contributed by atoms with Crippen LogP contribution in [0, 0.1) is 39.9 Å². The molecule has 5 rings (SSSR count). The highest BCUT2D eigenvalue weighted by atomic mass is 16.6. The second-order valence-corrected chi connectivity index (χ2v) is 9.51. The lowest BCUT2D eigenvalue weighted by molar-refractivity contribution is -0.116. The molecule has 8 atom stereocenters. The molecule has 1 aliphatic heterocycles. The van der Waals surface area contributed by atoms with Gasteiger partial charge < -0.3 is 14.9 Å². The summed E-state index contributed by atoms with van der Waals surface area (Å²) in [4.78, 5) is 0. The van der Waals surface area contributed by atoms with E-state index in [1.165, 1.54) is 0 Å². The topological polar surface area (TPSA) is 76.8 Å². The first-order chi connectivity index (χ1) is 11.4. The Morgan fingerprint density at radius 1 is 1.12 bits per heavy atom. The molecular formula is C20H27NO3. The second kappa shape index (κ2) is 4.37. The molecule has 8 unspecified atom stereocenters. The standard InChI is InChI=1S/C20H27NO3/c1-18-7-6-14-12(13(18)3-4-15(18)22)5-8-20-17(24-20)16(23)11(10-21)9-19(14,20)2/h12-15,17,22-23H,3-9H2,1-2H3. The van der Waals surface area contributed by atoms with Crippen molar-refractivity contribution >= 4 is 0 Å². The highest BCUT2D eigenvalue weighted by Gasteiger charge is 2.76. The minimum atomic E-state index is -0.241. The number of rotatable bonds is 0. The Labute approximate surface area is 143 Å². The van der Waals surface area contributed by atoms with E-state index in [4.69, 9.17) is 4.74 Å². The van der Waals surface area contributed by atoms with Crippen molar-refractivity contribution in [1.29, 1.82) is 5.26 Å². The van der Waals surface area contributed by atoms with E-state index in [1.54, 1.807) is 0 Å². The minimum absolute atomic E-state index is 0.0489. The first-order valence-electron chi connectivity index (χ1n) is 9.55. The average Bonchev–Trinajstić information content (AvgIpc) is 3.23. The Morgan fingerprint density at radius 3 is 2.67 bits per heavy atom. The average molecular weight is 329 g/mol. The Morgan fingerprint density at radius 2 is 1.92 bits per heavy atom. The molecule has 0 bridgehead atoms. The summed E-state index contributed by atoms with van der Waals surface area (Å²) in [5.74, 6) is 1.96. The number of aliphatic hydroxyl groups excluding tert-OH is 2. The predicted molar refractivity (Wildman–Crippen MR) is 87.9 cm³/mol. The van der Waals surface area contributed by atoms with Crippen LogP contribution in [0.5, 0.6) is 0 Å². The zero-order chi connectivity index (χ0) is 16.9. The zero-order valence-electron chi connectivity index (χ0n) is 14.6. The monoisotopic (exact) mass is 329 g/mol. The van der Waals surface area contributed by atoms with Crippen molar-refractivity contribution in [1.82, 2.24) is 0 Å². The van der Waals surface area contributed by atoms with Gasteiger partial charge in [-0.25, -0.2) is 0 Å². The number of allylic oxidation sites excluding steroid dienone is 1. The molecule has 130 valence electrons. The van der Waals surface area contributed by atoms with Crippen molar-refractivity contribution < 1.29 is 14.9 Å². The smallest absolute Gasteiger partial charge is 0.146 e. The molecule has 1 heterocycles. The maximum atomic E-state index is 10.5. The van der Waals surface area contributed by atoms with Crippen LogP contribution >= 0.6 is 0 Å². The molecule has 3 saturated carbocycles. The lowest BCUT2D eigenvalue weighted by atomic mass is 9.45. The highest BCUT2D eigenvalue weighted by molar-refractivity contribution is 5.41. The lowest BCUT2D eigenvalue weighted by Crippen LogP contribution is -2.57. The van der Waals surface area contributed by atoms with Crippen LogP contribution in [0.2, 0.25) is 0 Å². The van der Waals surface area contributed by atoms with Gasteiger partial charge in [0, 0.05) is 5.41 Å². The number of fused-ring (bicyclic) bond motifs is 4. The number of epoxide rings is 1. The van der Waals surface area contributed by atoms with Crippen molar-refractivity contribution in [2.45, 2.75) is 76.6 Å². The molecule has 1 spiro atoms. The molecule has 4 fully saturated rings. The van der Waals surface area contributed by atoms with Crippen LogP contribution in [0.4, 0.5) is 0 Å². The third kappa shape index (κ3) is 1.48. The van der Waals surface area contributed by atoms with Gasteiger partial charge in [0.25, 0.3) is 0 Å². The molecular weight excluding hydrogens is 302 g/mol. The van der Waals surface area contributed by atoms with Crippen LogP contribution in [-0.4, -0.2) is 28.0 Å². The van der Waals surface area contributed by atoms with Crippen LogP contribution in [0.25, 0.3) is 0 Å². The van der Waals surface area contributed by atoms with Gasteiger partial charge in [0.1, 0.15) is 17.5 Å². The molecule has 5 aliphatic rings. The zero-order valence-corrected chi connectivity index (χ0v) is 14.6. The van der Waals surface area contributed by atoms with Crippen LogP contribution in [-0.2, 0) is 4.74 Å². The molecule has 0 radical (unpaired) electrons. The van der Waals surface area contributed by atoms with E-state index in [0.29, 0.717) is 29.7 Å². The third-order valence-corrected chi connectivity index (χ3v) is 8.95. The summed E-state index contributed by atoms with van der Waals surface area (Å²) in [5.41, 5.74) is 0.336. The number of nitrogens with zero attached hydrogens (tertiary/aromatic N) is 1. The van der Waals surface area contributed by atoms with Crippen molar-refractivity contribution in [3.8, 4) is 6.07 Å². The fraction of sp³-hybridized carbons (Fsp3) is 0.850. The SMILES string of the molecule is CC12CCC3C(CCC45OC4C(O)=C(C#N)CC35C)C1CCC2O. The number of hydrogen-bond donors (Lipinski definition) is 2. The number of hydrogen-bond acceptors (Lipinski definition) is 4. The molecule has 0 aromatic carbocycles. The summed E-state index contributed by atoms with van der Waals surface area (Å²) in [6.45, 7) is 4.60. The first kappa shape index (κ1) is 15.2. The van der Waals surface area contributed by atoms with E-state index in [-0.39, 0.29) is 34.4 Å². The van der Waals surface area contributed by atoms with E-state index in [1.807, 2.05) is 0 Å². The normalized spacial score (nSPS) is 58.2. The van der Waals surface area contributed by atoms with E-state index in [0.717, 1.165) is 38.5 Å². The molecule has 4 aliphatic carbocycles. The molecule has 0 amide bonds. The number of nitriles is 1. The highest BCUT2D eigenvalue weighted by Crippen LogP contribution is 2.73. The van der Waals surface area contributed by atoms with E-state index in [9.17, 15) is 15.5 Å². The number of aliphatic hydroxyl groups is 2. The van der Waals surface area contributed by atoms with Crippen molar-refractivity contribution in [3.63, 3.8) is 0 Å². The van der Waals surface area contributed by atoms with Gasteiger partial charge in [0.05, 0.1) is 17.7 Å². The van der Waals surface area contributed by atoms with Crippen molar-refractivity contribution in [3.05, 3.63) is 11.3 Å². The van der Waals surface area contributed by atoms with Crippen LogP contribution in [0.15, 0.2) is 11.3 Å². The molecule has 0 aromatic rings. The summed E-state index contributed by atoms with van der Waals surface area (Å²) in [7, 11) is 0. The van der Waals surface area contributed by atoms with Crippen LogP contribution < -0.4 is 0 Å². The van der Waals surface area contributed by atoms with Crippen LogP contribution in [0.3, 0.4) is 0 Å². The van der Waals surface area contributed by atoms with Crippen LogP contribution in [0.1, 0.15) is 58.8 Å². The number of ether oxygens (including phenoxy) is 1. The molecule has 0 aromatic heterocycles. The molecule has 1 saturated heterocycles.